The summed E-state index contributed by atoms with van der Waals surface area (Å²) in [5, 5.41) is 1.67. The van der Waals surface area contributed by atoms with Gasteiger partial charge in [-0.15, -0.1) is 23.7 Å². The lowest BCUT2D eigenvalue weighted by Gasteiger charge is -2.16. The summed E-state index contributed by atoms with van der Waals surface area (Å²) in [6, 6.07) is 11.3. The average molecular weight is 391 g/mol. The highest BCUT2D eigenvalue weighted by atomic mass is 35.5. The van der Waals surface area contributed by atoms with Crippen LogP contribution in [-0.2, 0) is 0 Å². The van der Waals surface area contributed by atoms with E-state index in [0.717, 1.165) is 5.56 Å². The summed E-state index contributed by atoms with van der Waals surface area (Å²) in [6.45, 7) is 0.954. The van der Waals surface area contributed by atoms with E-state index in [9.17, 15) is 13.6 Å². The van der Waals surface area contributed by atoms with Crippen LogP contribution < -0.4 is 5.73 Å². The Bertz CT molecular complexity index is 684. The van der Waals surface area contributed by atoms with Gasteiger partial charge in [-0.05, 0) is 17.0 Å². The Morgan fingerprint density at radius 1 is 1.25 bits per heavy atom. The minimum absolute atomic E-state index is 0. The molecule has 1 fully saturated rings. The number of carbonyl (C=O) groups is 1. The second kappa shape index (κ2) is 8.29. The van der Waals surface area contributed by atoms with Crippen LogP contribution in [0.1, 0.15) is 21.2 Å². The number of halogens is 3. The predicted molar refractivity (Wildman–Crippen MR) is 96.5 cm³/mol. The van der Waals surface area contributed by atoms with Gasteiger partial charge in [0.05, 0.1) is 0 Å². The van der Waals surface area contributed by atoms with E-state index >= 15 is 0 Å². The third-order valence-electron chi connectivity index (χ3n) is 3.92. The molecule has 3 rings (SSSR count). The number of nitrogens with two attached hydrogens (primary N) is 1. The van der Waals surface area contributed by atoms with Gasteiger partial charge in [-0.25, -0.2) is 0 Å². The van der Waals surface area contributed by atoms with Crippen molar-refractivity contribution >= 4 is 41.4 Å². The molecule has 0 spiro atoms. The van der Waals surface area contributed by atoms with Gasteiger partial charge in [-0.1, -0.05) is 42.1 Å². The summed E-state index contributed by atoms with van der Waals surface area (Å²) < 4.78 is 25.2. The Morgan fingerprint density at radius 3 is 2.62 bits per heavy atom. The van der Waals surface area contributed by atoms with Crippen molar-refractivity contribution in [3.63, 3.8) is 0 Å². The number of nitrogens with zero attached hydrogens (tertiary/aromatic N) is 1. The first-order valence-electron chi connectivity index (χ1n) is 7.18. The monoisotopic (exact) mass is 390 g/mol. The predicted octanol–water partition coefficient (Wildman–Crippen LogP) is 4.05. The molecule has 2 aromatic rings. The largest absolute Gasteiger partial charge is 0.336 e. The highest BCUT2D eigenvalue weighted by Gasteiger charge is 2.35. The highest BCUT2D eigenvalue weighted by Crippen LogP contribution is 2.34. The lowest BCUT2D eigenvalue weighted by atomic mass is 9.95. The summed E-state index contributed by atoms with van der Waals surface area (Å²) in [7, 11) is 0. The maximum Gasteiger partial charge on any atom is 0.288 e. The van der Waals surface area contributed by atoms with Gasteiger partial charge in [0.2, 0.25) is 0 Å². The molecule has 1 saturated heterocycles. The van der Waals surface area contributed by atoms with Crippen LogP contribution in [0.25, 0.3) is 0 Å². The van der Waals surface area contributed by atoms with Crippen LogP contribution in [0.5, 0.6) is 0 Å². The molecule has 130 valence electrons. The fraction of sp³-hybridized carbons (Fsp3) is 0.312. The molecule has 3 nitrogen and oxygen atoms in total. The van der Waals surface area contributed by atoms with Gasteiger partial charge in [-0.3, -0.25) is 4.79 Å². The van der Waals surface area contributed by atoms with E-state index in [0.29, 0.717) is 34.6 Å². The zero-order chi connectivity index (χ0) is 16.4. The molecule has 24 heavy (non-hydrogen) atoms. The Hall–Kier alpha value is -1.15. The maximum absolute atomic E-state index is 12.7. The molecule has 0 radical (unpaired) electrons. The normalized spacial score (nSPS) is 20.2. The van der Waals surface area contributed by atoms with E-state index in [1.165, 1.54) is 11.3 Å². The quantitative estimate of drug-likeness (QED) is 0.801. The second-order valence-corrected chi connectivity index (χ2v) is 7.33. The van der Waals surface area contributed by atoms with Crippen LogP contribution in [0, 0.1) is 0 Å². The summed E-state index contributed by atoms with van der Waals surface area (Å²) >= 11 is 1.61. The van der Waals surface area contributed by atoms with E-state index in [2.05, 4.69) is 0 Å². The molecule has 1 amide bonds. The zero-order valence-electron chi connectivity index (χ0n) is 12.6. The third kappa shape index (κ3) is 4.08. The van der Waals surface area contributed by atoms with Crippen LogP contribution in [-0.4, -0.2) is 35.7 Å². The van der Waals surface area contributed by atoms with Crippen molar-refractivity contribution in [1.29, 1.82) is 0 Å². The van der Waals surface area contributed by atoms with Gasteiger partial charge < -0.3 is 10.6 Å². The average Bonchev–Trinajstić information content (AvgIpc) is 3.13. The van der Waals surface area contributed by atoms with Gasteiger partial charge >= 0.3 is 0 Å². The molecular formula is C16H17ClF2N2OS2. The number of thiophene rings is 1. The fourth-order valence-electron chi connectivity index (χ4n) is 2.83. The van der Waals surface area contributed by atoms with Crippen molar-refractivity contribution in [2.24, 2.45) is 5.73 Å². The molecule has 0 saturated carbocycles. The van der Waals surface area contributed by atoms with Crippen molar-refractivity contribution in [2.45, 2.75) is 22.6 Å². The molecule has 2 heterocycles. The van der Waals surface area contributed by atoms with Crippen molar-refractivity contribution in [2.75, 3.05) is 13.1 Å². The topological polar surface area (TPSA) is 46.3 Å². The third-order valence-corrected chi connectivity index (χ3v) is 5.72. The zero-order valence-corrected chi connectivity index (χ0v) is 15.1. The van der Waals surface area contributed by atoms with Crippen LogP contribution in [0.2, 0.25) is 0 Å². The molecule has 0 bridgehead atoms. The second-order valence-electron chi connectivity index (χ2n) is 5.38. The number of likely N-dealkylation sites (tertiary alicyclic amines) is 1. The van der Waals surface area contributed by atoms with Gasteiger partial charge in [0, 0.05) is 29.9 Å². The maximum atomic E-state index is 12.7. The minimum Gasteiger partial charge on any atom is -0.336 e. The summed E-state index contributed by atoms with van der Waals surface area (Å²) in [4.78, 5) is 15.0. The van der Waals surface area contributed by atoms with Gasteiger partial charge in [0.25, 0.3) is 11.7 Å². The van der Waals surface area contributed by atoms with Crippen LogP contribution in [0.3, 0.4) is 0 Å². The molecule has 1 aromatic carbocycles. The molecular weight excluding hydrogens is 374 g/mol. The lowest BCUT2D eigenvalue weighted by molar-refractivity contribution is 0.0791. The Labute approximate surface area is 153 Å². The Balaban J connectivity index is 0.00000208. The SMILES string of the molecule is Cl.N[C@@H]1CN(C(=O)c2sccc2SC(F)F)C[C@H]1c1ccccc1. The molecule has 2 N–H and O–H groups in total. The number of thioether (sulfide) groups is 1. The number of benzene rings is 1. The first kappa shape index (κ1) is 19.2. The Morgan fingerprint density at radius 2 is 1.96 bits per heavy atom. The van der Waals surface area contributed by atoms with E-state index < -0.39 is 5.76 Å². The summed E-state index contributed by atoms with van der Waals surface area (Å²) in [5.74, 6) is -2.67. The molecule has 0 aliphatic carbocycles. The van der Waals surface area contributed by atoms with Gasteiger partial charge in [0.1, 0.15) is 4.88 Å². The number of hydrogen-bond acceptors (Lipinski definition) is 4. The minimum atomic E-state index is -2.53. The van der Waals surface area contributed by atoms with E-state index in [1.54, 1.807) is 16.3 Å². The summed E-state index contributed by atoms with van der Waals surface area (Å²) in [6.07, 6.45) is 0. The summed E-state index contributed by atoms with van der Waals surface area (Å²) in [5.41, 5.74) is 7.30. The Kier molecular flexibility index (Phi) is 6.62. The van der Waals surface area contributed by atoms with E-state index in [-0.39, 0.29) is 30.3 Å². The molecule has 1 aromatic heterocycles. The fourth-order valence-corrected chi connectivity index (χ4v) is 4.50. The lowest BCUT2D eigenvalue weighted by Crippen LogP contribution is -2.32. The molecule has 2 atom stereocenters. The highest BCUT2D eigenvalue weighted by molar-refractivity contribution is 7.99. The first-order chi connectivity index (χ1) is 11.1. The molecule has 8 heteroatoms. The number of rotatable bonds is 4. The number of hydrogen-bond donors (Lipinski definition) is 1. The molecule has 1 aliphatic heterocycles. The molecule has 0 unspecified atom stereocenters. The van der Waals surface area contributed by atoms with Crippen LogP contribution >= 0.6 is 35.5 Å². The van der Waals surface area contributed by atoms with Crippen molar-refractivity contribution < 1.29 is 13.6 Å². The van der Waals surface area contributed by atoms with Crippen molar-refractivity contribution in [3.05, 3.63) is 52.2 Å². The van der Waals surface area contributed by atoms with Crippen LogP contribution in [0.15, 0.2) is 46.7 Å². The smallest absolute Gasteiger partial charge is 0.288 e. The van der Waals surface area contributed by atoms with E-state index in [4.69, 9.17) is 5.73 Å². The molecule has 1 aliphatic rings. The van der Waals surface area contributed by atoms with Crippen molar-refractivity contribution in [3.8, 4) is 0 Å². The number of alkyl halides is 2. The van der Waals surface area contributed by atoms with E-state index in [1.807, 2.05) is 30.3 Å². The van der Waals surface area contributed by atoms with Gasteiger partial charge in [0.15, 0.2) is 0 Å². The van der Waals surface area contributed by atoms with Crippen molar-refractivity contribution in [1.82, 2.24) is 4.90 Å². The number of carbonyl (C=O) groups excluding carboxylic acids is 1. The first-order valence-corrected chi connectivity index (χ1v) is 8.94. The standard InChI is InChI=1S/C16H16F2N2OS2.ClH/c17-16(18)23-13-6-7-22-14(13)15(21)20-8-11(12(19)9-20)10-4-2-1-3-5-10;/h1-7,11-12,16H,8-9,19H2;1H/t11-,12+;/m0./s1. The number of amides is 1. The van der Waals surface area contributed by atoms with Gasteiger partial charge in [-0.2, -0.15) is 8.78 Å². The van der Waals surface area contributed by atoms with Crippen LogP contribution in [0.4, 0.5) is 8.78 Å².